The summed E-state index contributed by atoms with van der Waals surface area (Å²) < 4.78 is 0. The molecule has 1 aliphatic heterocycles. The topological polar surface area (TPSA) is 49.4 Å². The van der Waals surface area contributed by atoms with Crippen LogP contribution in [0.2, 0.25) is 5.02 Å². The minimum Gasteiger partial charge on any atom is -0.341 e. The molecule has 0 aliphatic carbocycles. The molecule has 0 bridgehead atoms. The van der Waals surface area contributed by atoms with Gasteiger partial charge in [0.05, 0.1) is 0 Å². The fourth-order valence-electron chi connectivity index (χ4n) is 3.24. The molecule has 26 heavy (non-hydrogen) atoms. The molecule has 1 unspecified atom stereocenters. The highest BCUT2D eigenvalue weighted by Gasteiger charge is 2.28. The molecule has 0 aromatic heterocycles. The first-order chi connectivity index (χ1) is 12.6. The molecule has 1 N–H and O–H groups in total. The molecule has 2 amide bonds. The van der Waals surface area contributed by atoms with Gasteiger partial charge in [-0.2, -0.15) is 0 Å². The largest absolute Gasteiger partial charge is 0.341 e. The fraction of sp³-hybridized carbons (Fsp3) is 0.333. The van der Waals surface area contributed by atoms with E-state index in [4.69, 9.17) is 11.6 Å². The zero-order chi connectivity index (χ0) is 18.4. The molecule has 5 heteroatoms. The summed E-state index contributed by atoms with van der Waals surface area (Å²) in [4.78, 5) is 27.2. The van der Waals surface area contributed by atoms with Crippen LogP contribution in [-0.4, -0.2) is 29.8 Å². The number of rotatable bonds is 6. The van der Waals surface area contributed by atoms with E-state index >= 15 is 0 Å². The number of nitrogens with zero attached hydrogens (tertiary/aromatic N) is 1. The van der Waals surface area contributed by atoms with Gasteiger partial charge in [-0.15, -0.1) is 0 Å². The summed E-state index contributed by atoms with van der Waals surface area (Å²) in [7, 11) is 0. The maximum atomic E-state index is 12.9. The average molecular weight is 371 g/mol. The molecular weight excluding hydrogens is 348 g/mol. The van der Waals surface area contributed by atoms with E-state index in [-0.39, 0.29) is 11.8 Å². The number of likely N-dealkylation sites (tertiary alicyclic amines) is 1. The van der Waals surface area contributed by atoms with Crippen molar-refractivity contribution in [2.75, 3.05) is 13.1 Å². The number of carbonyl (C=O) groups is 2. The van der Waals surface area contributed by atoms with Gasteiger partial charge >= 0.3 is 0 Å². The Kier molecular flexibility index (Phi) is 6.29. The zero-order valence-electron chi connectivity index (χ0n) is 14.7. The lowest BCUT2D eigenvalue weighted by molar-refractivity contribution is -0.135. The van der Waals surface area contributed by atoms with Gasteiger partial charge in [-0.3, -0.25) is 9.59 Å². The van der Waals surface area contributed by atoms with Crippen LogP contribution in [0.25, 0.3) is 0 Å². The molecule has 1 heterocycles. The summed E-state index contributed by atoms with van der Waals surface area (Å²) in [6.07, 6.45) is 2.95. The minimum absolute atomic E-state index is 0.0233. The Bertz CT molecular complexity index is 758. The van der Waals surface area contributed by atoms with Gasteiger partial charge in [-0.05, 0) is 42.5 Å². The number of amides is 2. The monoisotopic (exact) mass is 370 g/mol. The first-order valence-corrected chi connectivity index (χ1v) is 9.39. The summed E-state index contributed by atoms with van der Waals surface area (Å²) in [6.45, 7) is 1.53. The lowest BCUT2D eigenvalue weighted by Gasteiger charge is -2.24. The van der Waals surface area contributed by atoms with E-state index in [0.717, 1.165) is 37.1 Å². The Morgan fingerprint density at radius 1 is 1.04 bits per heavy atom. The van der Waals surface area contributed by atoms with Gasteiger partial charge in [0.2, 0.25) is 11.8 Å². The molecule has 4 nitrogen and oxygen atoms in total. The summed E-state index contributed by atoms with van der Waals surface area (Å²) in [5.41, 5.74) is 1.83. The van der Waals surface area contributed by atoms with E-state index in [2.05, 4.69) is 5.32 Å². The smallest absolute Gasteiger partial charge is 0.249 e. The Hall–Kier alpha value is -2.33. The Balaban J connectivity index is 1.66. The van der Waals surface area contributed by atoms with Gasteiger partial charge in [0.15, 0.2) is 0 Å². The molecule has 0 radical (unpaired) electrons. The van der Waals surface area contributed by atoms with E-state index in [1.54, 1.807) is 0 Å². The second-order valence-electron chi connectivity index (χ2n) is 6.57. The maximum absolute atomic E-state index is 12.9. The lowest BCUT2D eigenvalue weighted by atomic mass is 10.0. The zero-order valence-corrected chi connectivity index (χ0v) is 15.4. The van der Waals surface area contributed by atoms with Crippen LogP contribution in [0.4, 0.5) is 0 Å². The van der Waals surface area contributed by atoms with E-state index in [1.165, 1.54) is 0 Å². The number of hydrogen-bond acceptors (Lipinski definition) is 2. The molecule has 2 aromatic carbocycles. The third kappa shape index (κ3) is 4.85. The predicted molar refractivity (Wildman–Crippen MR) is 103 cm³/mol. The molecular formula is C21H23ClN2O2. The van der Waals surface area contributed by atoms with Crippen LogP contribution in [-0.2, 0) is 16.0 Å². The average Bonchev–Trinajstić information content (AvgIpc) is 3.19. The molecule has 1 fully saturated rings. The Morgan fingerprint density at radius 3 is 2.46 bits per heavy atom. The Labute approximate surface area is 159 Å². The summed E-state index contributed by atoms with van der Waals surface area (Å²) in [6, 6.07) is 16.3. The van der Waals surface area contributed by atoms with Gasteiger partial charge < -0.3 is 10.2 Å². The maximum Gasteiger partial charge on any atom is 0.249 e. The molecule has 2 aromatic rings. The van der Waals surface area contributed by atoms with Crippen LogP contribution in [0.15, 0.2) is 54.6 Å². The van der Waals surface area contributed by atoms with E-state index in [0.29, 0.717) is 17.9 Å². The third-order valence-corrected chi connectivity index (χ3v) is 4.87. The van der Waals surface area contributed by atoms with Crippen molar-refractivity contribution in [3.63, 3.8) is 0 Å². The first-order valence-electron chi connectivity index (χ1n) is 9.01. The molecule has 0 saturated carbocycles. The second kappa shape index (κ2) is 8.86. The molecule has 3 rings (SSSR count). The summed E-state index contributed by atoms with van der Waals surface area (Å²) in [5, 5.41) is 3.59. The molecule has 1 saturated heterocycles. The lowest BCUT2D eigenvalue weighted by Crippen LogP contribution is -2.41. The Morgan fingerprint density at radius 2 is 1.77 bits per heavy atom. The third-order valence-electron chi connectivity index (χ3n) is 4.63. The number of aryl methyl sites for hydroxylation is 1. The number of halogens is 1. The highest BCUT2D eigenvalue weighted by molar-refractivity contribution is 6.30. The van der Waals surface area contributed by atoms with Crippen LogP contribution in [0.3, 0.4) is 0 Å². The van der Waals surface area contributed by atoms with Crippen molar-refractivity contribution in [2.45, 2.75) is 31.7 Å². The van der Waals surface area contributed by atoms with Gasteiger partial charge in [-0.25, -0.2) is 0 Å². The van der Waals surface area contributed by atoms with Gasteiger partial charge in [0, 0.05) is 24.5 Å². The van der Waals surface area contributed by atoms with Crippen molar-refractivity contribution in [1.29, 1.82) is 0 Å². The van der Waals surface area contributed by atoms with E-state index < -0.39 is 6.04 Å². The highest BCUT2D eigenvalue weighted by Crippen LogP contribution is 2.20. The van der Waals surface area contributed by atoms with Crippen LogP contribution in [0, 0.1) is 0 Å². The van der Waals surface area contributed by atoms with Gasteiger partial charge in [0.25, 0.3) is 0 Å². The van der Waals surface area contributed by atoms with Crippen molar-refractivity contribution in [3.05, 3.63) is 70.7 Å². The van der Waals surface area contributed by atoms with Crippen molar-refractivity contribution in [2.24, 2.45) is 0 Å². The quantitative estimate of drug-likeness (QED) is 0.841. The van der Waals surface area contributed by atoms with Crippen molar-refractivity contribution < 1.29 is 9.59 Å². The minimum atomic E-state index is -0.624. The number of benzene rings is 2. The normalized spacial score (nSPS) is 14.9. The standard InChI is InChI=1S/C21H23ClN2O2/c22-18-10-6-7-16(15-18)11-12-19(25)23-20(17-8-2-1-3-9-17)21(26)24-13-4-5-14-24/h1-3,6-10,15,20H,4-5,11-14H2,(H,23,25). The molecule has 1 atom stereocenters. The molecule has 136 valence electrons. The summed E-state index contributed by atoms with van der Waals surface area (Å²) in [5.74, 6) is -0.156. The van der Waals surface area contributed by atoms with Crippen LogP contribution < -0.4 is 5.32 Å². The number of nitrogens with one attached hydrogen (secondary N) is 1. The van der Waals surface area contributed by atoms with E-state index in [1.807, 2.05) is 59.5 Å². The summed E-state index contributed by atoms with van der Waals surface area (Å²) >= 11 is 5.99. The fourth-order valence-corrected chi connectivity index (χ4v) is 3.45. The van der Waals surface area contributed by atoms with Gasteiger partial charge in [-0.1, -0.05) is 54.1 Å². The van der Waals surface area contributed by atoms with Crippen LogP contribution >= 0.6 is 11.6 Å². The van der Waals surface area contributed by atoms with Crippen LogP contribution in [0.5, 0.6) is 0 Å². The van der Waals surface area contributed by atoms with Crippen molar-refractivity contribution in [1.82, 2.24) is 10.2 Å². The van der Waals surface area contributed by atoms with Crippen LogP contribution in [0.1, 0.15) is 36.4 Å². The first kappa shape index (κ1) is 18.5. The molecule has 0 spiro atoms. The van der Waals surface area contributed by atoms with Crippen molar-refractivity contribution >= 4 is 23.4 Å². The number of hydrogen-bond donors (Lipinski definition) is 1. The van der Waals surface area contributed by atoms with Gasteiger partial charge in [0.1, 0.15) is 6.04 Å². The molecule has 1 aliphatic rings. The van der Waals surface area contributed by atoms with Crippen molar-refractivity contribution in [3.8, 4) is 0 Å². The SMILES string of the molecule is O=C(CCc1cccc(Cl)c1)NC(C(=O)N1CCCC1)c1ccccc1. The van der Waals surface area contributed by atoms with E-state index in [9.17, 15) is 9.59 Å². The predicted octanol–water partition coefficient (Wildman–Crippen LogP) is 3.75. The highest BCUT2D eigenvalue weighted by atomic mass is 35.5. The number of carbonyl (C=O) groups excluding carboxylic acids is 2. The second-order valence-corrected chi connectivity index (χ2v) is 7.01.